The van der Waals surface area contributed by atoms with Crippen LogP contribution in [0, 0.1) is 5.82 Å². The van der Waals surface area contributed by atoms with Gasteiger partial charge in [0.05, 0.1) is 0 Å². The smallest absolute Gasteiger partial charge is 0.131 e. The fourth-order valence-electron chi connectivity index (χ4n) is 1.22. The van der Waals surface area contributed by atoms with Gasteiger partial charge < -0.3 is 5.73 Å². The van der Waals surface area contributed by atoms with E-state index >= 15 is 0 Å². The third-order valence-corrected chi connectivity index (χ3v) is 2.10. The van der Waals surface area contributed by atoms with Crippen molar-refractivity contribution in [3.05, 3.63) is 34.6 Å². The van der Waals surface area contributed by atoms with E-state index in [1.165, 1.54) is 25.1 Å². The molecule has 0 aliphatic heterocycles. The van der Waals surface area contributed by atoms with Gasteiger partial charge in [-0.2, -0.15) is 0 Å². The molecule has 0 fully saturated rings. The number of nitrogens with two attached hydrogens (primary N) is 1. The quantitative estimate of drug-likeness (QED) is 0.842. The molecule has 1 aromatic rings. The molecule has 0 saturated heterocycles. The summed E-state index contributed by atoms with van der Waals surface area (Å²) in [5, 5.41) is 0.417. The van der Waals surface area contributed by atoms with Gasteiger partial charge in [-0.05, 0) is 25.1 Å². The summed E-state index contributed by atoms with van der Waals surface area (Å²) < 4.78 is 13.2. The lowest BCUT2D eigenvalue weighted by Gasteiger charge is -2.11. The van der Waals surface area contributed by atoms with Crippen LogP contribution >= 0.6 is 11.6 Å². The van der Waals surface area contributed by atoms with Crippen LogP contribution in [0.2, 0.25) is 5.02 Å². The van der Waals surface area contributed by atoms with Crippen LogP contribution in [0.1, 0.15) is 24.9 Å². The van der Waals surface area contributed by atoms with E-state index in [0.29, 0.717) is 5.02 Å². The highest BCUT2D eigenvalue weighted by Crippen LogP contribution is 2.21. The largest absolute Gasteiger partial charge is 0.323 e. The van der Waals surface area contributed by atoms with E-state index < -0.39 is 11.9 Å². The maximum absolute atomic E-state index is 13.2. The highest BCUT2D eigenvalue weighted by Gasteiger charge is 2.13. The van der Waals surface area contributed by atoms with Crippen LogP contribution in [-0.4, -0.2) is 5.78 Å². The number of carbonyl (C=O) groups excluding carboxylic acids is 1. The summed E-state index contributed by atoms with van der Waals surface area (Å²) in [6.45, 7) is 1.42. The molecule has 0 spiro atoms. The van der Waals surface area contributed by atoms with Crippen molar-refractivity contribution < 1.29 is 9.18 Å². The third-order valence-electron chi connectivity index (χ3n) is 1.86. The van der Waals surface area contributed by atoms with Crippen molar-refractivity contribution >= 4 is 17.4 Å². The molecule has 1 rings (SSSR count). The highest BCUT2D eigenvalue weighted by atomic mass is 35.5. The van der Waals surface area contributed by atoms with Crippen molar-refractivity contribution in [3.63, 3.8) is 0 Å². The van der Waals surface area contributed by atoms with Gasteiger partial charge in [0.25, 0.3) is 0 Å². The van der Waals surface area contributed by atoms with Gasteiger partial charge in [-0.25, -0.2) is 4.39 Å². The molecule has 1 unspecified atom stereocenters. The van der Waals surface area contributed by atoms with Crippen molar-refractivity contribution in [2.24, 2.45) is 5.73 Å². The van der Waals surface area contributed by atoms with Crippen LogP contribution in [0.5, 0.6) is 0 Å². The lowest BCUT2D eigenvalue weighted by molar-refractivity contribution is -0.117. The lowest BCUT2D eigenvalue weighted by Crippen LogP contribution is -2.15. The normalized spacial score (nSPS) is 12.6. The molecule has 1 aromatic carbocycles. The second kappa shape index (κ2) is 4.53. The second-order valence-corrected chi connectivity index (χ2v) is 3.61. The fraction of sp³-hybridized carbons (Fsp3) is 0.300. The number of carbonyl (C=O) groups is 1. The van der Waals surface area contributed by atoms with E-state index in [1.807, 2.05) is 0 Å². The Kier molecular flexibility index (Phi) is 3.61. The van der Waals surface area contributed by atoms with Crippen molar-refractivity contribution in [3.8, 4) is 0 Å². The van der Waals surface area contributed by atoms with Gasteiger partial charge >= 0.3 is 0 Å². The van der Waals surface area contributed by atoms with Gasteiger partial charge in [0, 0.05) is 23.0 Å². The average Bonchev–Trinajstić information content (AvgIpc) is 2.08. The minimum Gasteiger partial charge on any atom is -0.323 e. The van der Waals surface area contributed by atoms with E-state index in [9.17, 15) is 9.18 Å². The first-order chi connectivity index (χ1) is 6.50. The maximum Gasteiger partial charge on any atom is 0.131 e. The van der Waals surface area contributed by atoms with Crippen LogP contribution in [0.4, 0.5) is 4.39 Å². The van der Waals surface area contributed by atoms with E-state index in [2.05, 4.69) is 0 Å². The number of benzene rings is 1. The Morgan fingerprint density at radius 2 is 2.29 bits per heavy atom. The number of hydrogen-bond donors (Lipinski definition) is 1. The molecule has 0 bridgehead atoms. The van der Waals surface area contributed by atoms with Gasteiger partial charge in [-0.15, -0.1) is 0 Å². The standard InChI is InChI=1S/C10H11ClFNO/c1-6(14)4-10(13)8-5-7(11)2-3-9(8)12/h2-3,5,10H,4,13H2,1H3. The Hall–Kier alpha value is -0.930. The Morgan fingerprint density at radius 3 is 2.86 bits per heavy atom. The Bertz CT molecular complexity index is 354. The van der Waals surface area contributed by atoms with Gasteiger partial charge in [-0.3, -0.25) is 4.79 Å². The number of ketones is 1. The number of hydrogen-bond acceptors (Lipinski definition) is 2. The molecule has 76 valence electrons. The maximum atomic E-state index is 13.2. The summed E-state index contributed by atoms with van der Waals surface area (Å²) in [5.41, 5.74) is 5.93. The Labute approximate surface area is 86.9 Å². The molecular weight excluding hydrogens is 205 g/mol. The molecule has 0 heterocycles. The predicted molar refractivity (Wildman–Crippen MR) is 53.6 cm³/mol. The van der Waals surface area contributed by atoms with E-state index in [0.717, 1.165) is 0 Å². The van der Waals surface area contributed by atoms with Crippen LogP contribution in [-0.2, 0) is 4.79 Å². The molecular formula is C10H11ClFNO. The summed E-state index contributed by atoms with van der Waals surface area (Å²) in [7, 11) is 0. The molecule has 2 nitrogen and oxygen atoms in total. The summed E-state index contributed by atoms with van der Waals surface area (Å²) in [6, 6.07) is 3.52. The number of Topliss-reactive ketones (excluding diaryl/α,β-unsaturated/α-hetero) is 1. The monoisotopic (exact) mass is 215 g/mol. The minimum absolute atomic E-state index is 0.0723. The molecule has 0 amide bonds. The molecule has 2 N–H and O–H groups in total. The number of halogens is 2. The Balaban J connectivity index is 2.93. The first kappa shape index (κ1) is 11.1. The SMILES string of the molecule is CC(=O)CC(N)c1cc(Cl)ccc1F. The van der Waals surface area contributed by atoms with E-state index in [1.54, 1.807) is 0 Å². The zero-order valence-electron chi connectivity index (χ0n) is 7.76. The first-order valence-corrected chi connectivity index (χ1v) is 4.58. The molecule has 0 aliphatic carbocycles. The summed E-state index contributed by atoms with van der Waals surface area (Å²) in [5.74, 6) is -0.500. The molecule has 1 atom stereocenters. The van der Waals surface area contributed by atoms with Crippen LogP contribution < -0.4 is 5.73 Å². The molecule has 0 radical (unpaired) electrons. The summed E-state index contributed by atoms with van der Waals surface area (Å²) >= 11 is 5.69. The number of rotatable bonds is 3. The highest BCUT2D eigenvalue weighted by molar-refractivity contribution is 6.30. The van der Waals surface area contributed by atoms with E-state index in [4.69, 9.17) is 17.3 Å². The van der Waals surface area contributed by atoms with Crippen molar-refractivity contribution in [1.29, 1.82) is 0 Å². The molecule has 4 heteroatoms. The molecule has 14 heavy (non-hydrogen) atoms. The van der Waals surface area contributed by atoms with Crippen molar-refractivity contribution in [2.75, 3.05) is 0 Å². The van der Waals surface area contributed by atoms with Crippen molar-refractivity contribution in [1.82, 2.24) is 0 Å². The average molecular weight is 216 g/mol. The molecule has 0 aliphatic rings. The second-order valence-electron chi connectivity index (χ2n) is 3.18. The fourth-order valence-corrected chi connectivity index (χ4v) is 1.40. The zero-order valence-corrected chi connectivity index (χ0v) is 8.51. The Morgan fingerprint density at radius 1 is 1.64 bits per heavy atom. The topological polar surface area (TPSA) is 43.1 Å². The first-order valence-electron chi connectivity index (χ1n) is 4.20. The minimum atomic E-state index is -0.619. The summed E-state index contributed by atoms with van der Waals surface area (Å²) in [4.78, 5) is 10.8. The lowest BCUT2D eigenvalue weighted by atomic mass is 10.0. The molecule has 0 aromatic heterocycles. The van der Waals surface area contributed by atoms with E-state index in [-0.39, 0.29) is 17.8 Å². The van der Waals surface area contributed by atoms with Crippen LogP contribution in [0.15, 0.2) is 18.2 Å². The summed E-state index contributed by atoms with van der Waals surface area (Å²) in [6.07, 6.45) is 0.122. The van der Waals surface area contributed by atoms with Crippen LogP contribution in [0.25, 0.3) is 0 Å². The third kappa shape index (κ3) is 2.79. The van der Waals surface area contributed by atoms with Crippen molar-refractivity contribution in [2.45, 2.75) is 19.4 Å². The van der Waals surface area contributed by atoms with Gasteiger partial charge in [0.15, 0.2) is 0 Å². The van der Waals surface area contributed by atoms with Gasteiger partial charge in [0.2, 0.25) is 0 Å². The van der Waals surface area contributed by atoms with Crippen LogP contribution in [0.3, 0.4) is 0 Å². The molecule has 0 saturated carbocycles. The predicted octanol–water partition coefficient (Wildman–Crippen LogP) is 2.46. The zero-order chi connectivity index (χ0) is 10.7. The van der Waals surface area contributed by atoms with Gasteiger partial charge in [0.1, 0.15) is 11.6 Å². The van der Waals surface area contributed by atoms with Gasteiger partial charge in [-0.1, -0.05) is 11.6 Å².